The van der Waals surface area contributed by atoms with Crippen molar-refractivity contribution in [1.82, 2.24) is 9.80 Å². The number of hydrogen-bond acceptors (Lipinski definition) is 4. The summed E-state index contributed by atoms with van der Waals surface area (Å²) in [4.78, 5) is 15.6. The normalized spacial score (nSPS) is 28.6. The zero-order valence-electron chi connectivity index (χ0n) is 11.2. The third-order valence-electron chi connectivity index (χ3n) is 4.23. The number of carboxylic acid groups (broad SMARTS) is 1. The van der Waals surface area contributed by atoms with E-state index in [1.54, 1.807) is 7.11 Å². The van der Waals surface area contributed by atoms with Crippen molar-refractivity contribution in [3.8, 4) is 0 Å². The second kappa shape index (κ2) is 6.50. The maximum Gasteiger partial charge on any atom is 0.317 e. The van der Waals surface area contributed by atoms with Crippen molar-refractivity contribution >= 4 is 5.97 Å². The van der Waals surface area contributed by atoms with Gasteiger partial charge in [-0.3, -0.25) is 9.69 Å². The van der Waals surface area contributed by atoms with Crippen LogP contribution >= 0.6 is 0 Å². The van der Waals surface area contributed by atoms with Gasteiger partial charge in [-0.25, -0.2) is 0 Å². The number of nitrogens with zero attached hydrogens (tertiary/aromatic N) is 2. The van der Waals surface area contributed by atoms with Crippen LogP contribution in [0.4, 0.5) is 0 Å². The van der Waals surface area contributed by atoms with Gasteiger partial charge < -0.3 is 14.7 Å². The van der Waals surface area contributed by atoms with Gasteiger partial charge in [0.25, 0.3) is 0 Å². The third-order valence-corrected chi connectivity index (χ3v) is 4.23. The predicted molar refractivity (Wildman–Crippen MR) is 68.7 cm³/mol. The molecule has 2 aliphatic heterocycles. The fourth-order valence-corrected chi connectivity index (χ4v) is 3.31. The molecule has 1 N–H and O–H groups in total. The topological polar surface area (TPSA) is 53.0 Å². The van der Waals surface area contributed by atoms with E-state index in [-0.39, 0.29) is 6.54 Å². The zero-order valence-corrected chi connectivity index (χ0v) is 11.2. The van der Waals surface area contributed by atoms with Crippen LogP contribution in [0.15, 0.2) is 0 Å². The summed E-state index contributed by atoms with van der Waals surface area (Å²) in [7, 11) is 1.67. The number of methoxy groups -OCH3 is 1. The average Bonchev–Trinajstić information content (AvgIpc) is 2.81. The first kappa shape index (κ1) is 13.8. The van der Waals surface area contributed by atoms with E-state index in [0.29, 0.717) is 18.7 Å². The van der Waals surface area contributed by atoms with E-state index < -0.39 is 5.97 Å². The Morgan fingerprint density at radius 2 is 2.28 bits per heavy atom. The van der Waals surface area contributed by atoms with Gasteiger partial charge in [0.2, 0.25) is 0 Å². The van der Waals surface area contributed by atoms with Crippen molar-refractivity contribution in [2.45, 2.75) is 37.8 Å². The van der Waals surface area contributed by atoms with Crippen LogP contribution in [-0.2, 0) is 9.53 Å². The van der Waals surface area contributed by atoms with Crippen LogP contribution in [0.25, 0.3) is 0 Å². The van der Waals surface area contributed by atoms with Gasteiger partial charge in [-0.2, -0.15) is 0 Å². The number of piperidine rings is 1. The van der Waals surface area contributed by atoms with Crippen molar-refractivity contribution in [1.29, 1.82) is 0 Å². The fourth-order valence-electron chi connectivity index (χ4n) is 3.31. The molecule has 5 heteroatoms. The molecular weight excluding hydrogens is 232 g/mol. The van der Waals surface area contributed by atoms with Crippen molar-refractivity contribution in [2.24, 2.45) is 0 Å². The molecule has 2 fully saturated rings. The molecule has 2 atom stereocenters. The molecule has 5 nitrogen and oxygen atoms in total. The summed E-state index contributed by atoms with van der Waals surface area (Å²) in [6.07, 6.45) is 4.79. The number of ether oxygens (including phenoxy) is 1. The monoisotopic (exact) mass is 256 g/mol. The lowest BCUT2D eigenvalue weighted by Crippen LogP contribution is -2.49. The number of hydrogen-bond donors (Lipinski definition) is 1. The molecule has 0 saturated carbocycles. The molecule has 2 heterocycles. The van der Waals surface area contributed by atoms with E-state index in [4.69, 9.17) is 9.84 Å². The van der Waals surface area contributed by atoms with E-state index in [1.165, 1.54) is 19.4 Å². The second-order valence-corrected chi connectivity index (χ2v) is 5.37. The summed E-state index contributed by atoms with van der Waals surface area (Å²) >= 11 is 0. The number of fused-ring (bicyclic) bond motifs is 1. The Balaban J connectivity index is 1.90. The maximum atomic E-state index is 11.0. The summed E-state index contributed by atoms with van der Waals surface area (Å²) in [5.41, 5.74) is 0. The summed E-state index contributed by atoms with van der Waals surface area (Å²) in [5.74, 6) is -0.736. The highest BCUT2D eigenvalue weighted by atomic mass is 16.5. The van der Waals surface area contributed by atoms with E-state index in [2.05, 4.69) is 9.80 Å². The maximum absolute atomic E-state index is 11.0. The molecule has 2 saturated heterocycles. The van der Waals surface area contributed by atoms with Crippen LogP contribution in [0.3, 0.4) is 0 Å². The van der Waals surface area contributed by atoms with Crippen LogP contribution in [0.2, 0.25) is 0 Å². The first-order valence-corrected chi connectivity index (χ1v) is 6.89. The van der Waals surface area contributed by atoms with Crippen molar-refractivity contribution in [3.05, 3.63) is 0 Å². The fraction of sp³-hybridized carbons (Fsp3) is 0.923. The summed E-state index contributed by atoms with van der Waals surface area (Å²) in [6, 6.07) is 1.10. The highest BCUT2D eigenvalue weighted by Gasteiger charge is 2.34. The van der Waals surface area contributed by atoms with E-state index in [9.17, 15) is 4.79 Å². The summed E-state index contributed by atoms with van der Waals surface area (Å²) in [5, 5.41) is 9.01. The Bertz CT molecular complexity index is 285. The van der Waals surface area contributed by atoms with Gasteiger partial charge in [-0.1, -0.05) is 0 Å². The highest BCUT2D eigenvalue weighted by molar-refractivity contribution is 5.69. The lowest BCUT2D eigenvalue weighted by molar-refractivity contribution is -0.139. The Labute approximate surface area is 109 Å². The Hall–Kier alpha value is -0.650. The number of rotatable bonds is 6. The number of carbonyl (C=O) groups is 1. The minimum absolute atomic E-state index is 0.140. The van der Waals surface area contributed by atoms with Crippen LogP contribution in [-0.4, -0.2) is 72.9 Å². The van der Waals surface area contributed by atoms with Crippen molar-refractivity contribution in [3.63, 3.8) is 0 Å². The standard InChI is InChI=1S/C13H24N2O3/c1-18-8-7-15(10-13(16)17)12-4-6-14-5-2-3-11(14)9-12/h11-12H,2-10H2,1H3,(H,16,17). The minimum Gasteiger partial charge on any atom is -0.480 e. The lowest BCUT2D eigenvalue weighted by atomic mass is 9.96. The minimum atomic E-state index is -0.736. The third kappa shape index (κ3) is 3.43. The van der Waals surface area contributed by atoms with Gasteiger partial charge in [0.05, 0.1) is 13.2 Å². The van der Waals surface area contributed by atoms with E-state index in [0.717, 1.165) is 25.9 Å². The molecule has 2 rings (SSSR count). The van der Waals surface area contributed by atoms with Crippen LogP contribution < -0.4 is 0 Å². The molecule has 0 aromatic carbocycles. The largest absolute Gasteiger partial charge is 0.480 e. The second-order valence-electron chi connectivity index (χ2n) is 5.37. The lowest BCUT2D eigenvalue weighted by Gasteiger charge is -2.40. The molecule has 0 aliphatic carbocycles. The smallest absolute Gasteiger partial charge is 0.317 e. The van der Waals surface area contributed by atoms with Crippen molar-refractivity contribution < 1.29 is 14.6 Å². The van der Waals surface area contributed by atoms with Gasteiger partial charge in [0, 0.05) is 25.7 Å². The Kier molecular flexibility index (Phi) is 4.97. The average molecular weight is 256 g/mol. The molecular formula is C13H24N2O3. The van der Waals surface area contributed by atoms with Gasteiger partial charge in [0.1, 0.15) is 0 Å². The van der Waals surface area contributed by atoms with E-state index >= 15 is 0 Å². The SMILES string of the molecule is COCCN(CC(=O)O)C1CCN2CCCC2C1. The molecule has 104 valence electrons. The molecule has 2 aliphatic rings. The van der Waals surface area contributed by atoms with Gasteiger partial charge in [-0.15, -0.1) is 0 Å². The Morgan fingerprint density at radius 3 is 3.00 bits per heavy atom. The van der Waals surface area contributed by atoms with Crippen LogP contribution in [0, 0.1) is 0 Å². The summed E-state index contributed by atoms with van der Waals surface area (Å²) in [6.45, 7) is 3.83. The van der Waals surface area contributed by atoms with Gasteiger partial charge >= 0.3 is 5.97 Å². The zero-order chi connectivity index (χ0) is 13.0. The number of carboxylic acids is 1. The number of aliphatic carboxylic acids is 1. The molecule has 2 unspecified atom stereocenters. The van der Waals surface area contributed by atoms with Crippen molar-refractivity contribution in [2.75, 3.05) is 39.9 Å². The first-order valence-electron chi connectivity index (χ1n) is 6.89. The Morgan fingerprint density at radius 1 is 1.44 bits per heavy atom. The molecule has 18 heavy (non-hydrogen) atoms. The van der Waals surface area contributed by atoms with Gasteiger partial charge in [-0.05, 0) is 38.8 Å². The van der Waals surface area contributed by atoms with E-state index in [1.807, 2.05) is 0 Å². The summed E-state index contributed by atoms with van der Waals surface area (Å²) < 4.78 is 5.09. The molecule has 0 aromatic heterocycles. The first-order chi connectivity index (χ1) is 8.70. The highest BCUT2D eigenvalue weighted by Crippen LogP contribution is 2.29. The predicted octanol–water partition coefficient (Wildman–Crippen LogP) is 0.646. The molecule has 0 spiro atoms. The molecule has 0 amide bonds. The molecule has 0 radical (unpaired) electrons. The molecule has 0 bridgehead atoms. The quantitative estimate of drug-likeness (QED) is 0.756. The van der Waals surface area contributed by atoms with Crippen LogP contribution in [0.1, 0.15) is 25.7 Å². The van der Waals surface area contributed by atoms with Gasteiger partial charge in [0.15, 0.2) is 0 Å². The molecule has 0 aromatic rings. The van der Waals surface area contributed by atoms with Crippen LogP contribution in [0.5, 0.6) is 0 Å².